The number of fused-ring (bicyclic) bond motifs is 1. The summed E-state index contributed by atoms with van der Waals surface area (Å²) in [6.07, 6.45) is 0. The first kappa shape index (κ1) is 18.3. The van der Waals surface area contributed by atoms with Crippen LogP contribution in [-0.4, -0.2) is 24.2 Å². The molecule has 1 amide bonds. The maximum absolute atomic E-state index is 12.8. The number of carbonyl (C=O) groups is 2. The van der Waals surface area contributed by atoms with E-state index in [2.05, 4.69) is 5.32 Å². The first-order chi connectivity index (χ1) is 13.1. The van der Waals surface area contributed by atoms with Crippen molar-refractivity contribution in [3.8, 4) is 0 Å². The Morgan fingerprint density at radius 3 is 2.33 bits per heavy atom. The van der Waals surface area contributed by atoms with Crippen LogP contribution in [0.3, 0.4) is 0 Å². The van der Waals surface area contributed by atoms with Crippen molar-refractivity contribution in [3.63, 3.8) is 0 Å². The third-order valence-electron chi connectivity index (χ3n) is 4.20. The summed E-state index contributed by atoms with van der Waals surface area (Å²) in [7, 11) is 0. The number of rotatable bonds is 6. The van der Waals surface area contributed by atoms with Gasteiger partial charge in [-0.25, -0.2) is 4.79 Å². The number of ether oxygens (including phenoxy) is 1. The number of hydrogen-bond acceptors (Lipinski definition) is 4. The van der Waals surface area contributed by atoms with E-state index in [0.717, 1.165) is 10.8 Å². The summed E-state index contributed by atoms with van der Waals surface area (Å²) < 4.78 is 4.94. The molecular formula is C22H20N2O3. The first-order valence-corrected chi connectivity index (χ1v) is 8.70. The average molecular weight is 360 g/mol. The number of hydrogen-bond donors (Lipinski definition) is 2. The van der Waals surface area contributed by atoms with E-state index in [9.17, 15) is 9.59 Å². The van der Waals surface area contributed by atoms with Crippen molar-refractivity contribution < 1.29 is 14.3 Å². The maximum atomic E-state index is 12.8. The van der Waals surface area contributed by atoms with Gasteiger partial charge in [-0.05, 0) is 35.4 Å². The van der Waals surface area contributed by atoms with E-state index >= 15 is 0 Å². The van der Waals surface area contributed by atoms with Gasteiger partial charge in [-0.1, -0.05) is 60.7 Å². The van der Waals surface area contributed by atoms with Gasteiger partial charge in [-0.3, -0.25) is 10.2 Å². The number of benzene rings is 3. The quantitative estimate of drug-likeness (QED) is 0.517. The second-order valence-corrected chi connectivity index (χ2v) is 6.01. The lowest BCUT2D eigenvalue weighted by atomic mass is 10.0. The highest BCUT2D eigenvalue weighted by Gasteiger charge is 2.26. The molecule has 0 aliphatic rings. The van der Waals surface area contributed by atoms with E-state index in [-0.39, 0.29) is 18.2 Å². The molecule has 0 saturated carbocycles. The fourth-order valence-electron chi connectivity index (χ4n) is 2.84. The third-order valence-corrected chi connectivity index (χ3v) is 4.20. The number of carbonyl (C=O) groups excluding carboxylic acids is 2. The van der Waals surface area contributed by atoms with Gasteiger partial charge in [0, 0.05) is 5.56 Å². The number of nitrogens with one attached hydrogen (secondary N) is 2. The Hall–Kier alpha value is -3.47. The molecule has 0 radical (unpaired) electrons. The third kappa shape index (κ3) is 4.20. The van der Waals surface area contributed by atoms with Crippen LogP contribution in [0.4, 0.5) is 0 Å². The lowest BCUT2D eigenvalue weighted by Gasteiger charge is -2.19. The Morgan fingerprint density at radius 1 is 0.963 bits per heavy atom. The molecule has 3 aromatic rings. The molecule has 0 aliphatic carbocycles. The molecule has 0 bridgehead atoms. The molecule has 5 heteroatoms. The summed E-state index contributed by atoms with van der Waals surface area (Å²) in [4.78, 5) is 24.8. The van der Waals surface area contributed by atoms with E-state index in [1.165, 1.54) is 0 Å². The van der Waals surface area contributed by atoms with Crippen LogP contribution >= 0.6 is 0 Å². The highest BCUT2D eigenvalue weighted by Crippen LogP contribution is 2.19. The van der Waals surface area contributed by atoms with Crippen LogP contribution in [0.2, 0.25) is 0 Å². The molecule has 0 fully saturated rings. The topological polar surface area (TPSA) is 79.2 Å². The normalized spacial score (nSPS) is 11.6. The van der Waals surface area contributed by atoms with Crippen molar-refractivity contribution in [3.05, 3.63) is 83.9 Å². The highest BCUT2D eigenvalue weighted by atomic mass is 16.5. The molecule has 2 N–H and O–H groups in total. The summed E-state index contributed by atoms with van der Waals surface area (Å²) in [5.41, 5.74) is 0.799. The fraction of sp³-hybridized carbons (Fsp3) is 0.136. The summed E-state index contributed by atoms with van der Waals surface area (Å²) in [5, 5.41) is 13.0. The molecule has 0 aromatic heterocycles. The molecule has 136 valence electrons. The predicted octanol–water partition coefficient (Wildman–Crippen LogP) is 3.89. The van der Waals surface area contributed by atoms with Crippen LogP contribution in [0.15, 0.2) is 72.8 Å². The van der Waals surface area contributed by atoms with Gasteiger partial charge in [-0.15, -0.1) is 0 Å². The van der Waals surface area contributed by atoms with E-state index in [4.69, 9.17) is 10.1 Å². The van der Waals surface area contributed by atoms with Crippen LogP contribution in [0.25, 0.3) is 10.8 Å². The van der Waals surface area contributed by atoms with Gasteiger partial charge in [0.15, 0.2) is 0 Å². The van der Waals surface area contributed by atoms with Crippen molar-refractivity contribution >= 4 is 28.4 Å². The van der Waals surface area contributed by atoms with Crippen molar-refractivity contribution in [2.24, 2.45) is 0 Å². The molecule has 1 unspecified atom stereocenters. The molecule has 0 spiro atoms. The van der Waals surface area contributed by atoms with Gasteiger partial charge in [0.25, 0.3) is 5.91 Å². The number of esters is 1. The zero-order valence-electron chi connectivity index (χ0n) is 14.9. The lowest BCUT2D eigenvalue weighted by Crippen LogP contribution is -2.37. The van der Waals surface area contributed by atoms with E-state index in [1.807, 2.05) is 36.4 Å². The minimum absolute atomic E-state index is 0.168. The Labute approximate surface area is 157 Å². The van der Waals surface area contributed by atoms with Crippen LogP contribution in [0, 0.1) is 5.41 Å². The summed E-state index contributed by atoms with van der Waals surface area (Å²) >= 11 is 0. The monoisotopic (exact) mass is 360 g/mol. The molecule has 0 saturated heterocycles. The van der Waals surface area contributed by atoms with Gasteiger partial charge in [0.05, 0.1) is 6.61 Å². The lowest BCUT2D eigenvalue weighted by molar-refractivity contribution is -0.135. The molecule has 27 heavy (non-hydrogen) atoms. The summed E-state index contributed by atoms with van der Waals surface area (Å²) in [6.45, 7) is 1.84. The zero-order chi connectivity index (χ0) is 19.2. The predicted molar refractivity (Wildman–Crippen MR) is 105 cm³/mol. The second kappa shape index (κ2) is 8.27. The Bertz CT molecular complexity index is 983. The Kier molecular flexibility index (Phi) is 5.61. The van der Waals surface area contributed by atoms with E-state index in [1.54, 1.807) is 43.3 Å². The van der Waals surface area contributed by atoms with Crippen molar-refractivity contribution in [2.75, 3.05) is 6.61 Å². The minimum Gasteiger partial charge on any atom is -0.461 e. The van der Waals surface area contributed by atoms with Gasteiger partial charge in [-0.2, -0.15) is 0 Å². The molecule has 3 aromatic carbocycles. The Morgan fingerprint density at radius 2 is 1.63 bits per heavy atom. The van der Waals surface area contributed by atoms with Crippen molar-refractivity contribution in [1.29, 1.82) is 5.41 Å². The first-order valence-electron chi connectivity index (χ1n) is 8.70. The van der Waals surface area contributed by atoms with Crippen LogP contribution in [-0.2, 0) is 9.53 Å². The van der Waals surface area contributed by atoms with Crippen LogP contribution in [0.1, 0.15) is 28.9 Å². The molecular weight excluding hydrogens is 340 g/mol. The standard InChI is InChI=1S/C22H20N2O3/c1-2-27-22(26)19(23)20(16-9-4-3-5-10-16)24-21(25)18-13-12-15-8-6-7-11-17(15)14-18/h3-14,20,23H,2H2,1H3,(H,24,25). The largest absolute Gasteiger partial charge is 0.461 e. The molecule has 0 heterocycles. The van der Waals surface area contributed by atoms with Crippen LogP contribution in [0.5, 0.6) is 0 Å². The van der Waals surface area contributed by atoms with Crippen molar-refractivity contribution in [2.45, 2.75) is 13.0 Å². The van der Waals surface area contributed by atoms with Gasteiger partial charge in [0.1, 0.15) is 11.8 Å². The minimum atomic E-state index is -0.885. The zero-order valence-corrected chi connectivity index (χ0v) is 14.9. The van der Waals surface area contributed by atoms with Gasteiger partial charge >= 0.3 is 5.97 Å². The average Bonchev–Trinajstić information content (AvgIpc) is 2.71. The van der Waals surface area contributed by atoms with Gasteiger partial charge < -0.3 is 10.1 Å². The van der Waals surface area contributed by atoms with E-state index in [0.29, 0.717) is 11.1 Å². The van der Waals surface area contributed by atoms with Crippen molar-refractivity contribution in [1.82, 2.24) is 5.32 Å². The summed E-state index contributed by atoms with van der Waals surface area (Å²) in [6, 6.07) is 21.2. The van der Waals surface area contributed by atoms with Crippen LogP contribution < -0.4 is 5.32 Å². The molecule has 5 nitrogen and oxygen atoms in total. The maximum Gasteiger partial charge on any atom is 0.354 e. The molecule has 3 rings (SSSR count). The fourth-order valence-corrected chi connectivity index (χ4v) is 2.84. The van der Waals surface area contributed by atoms with E-state index < -0.39 is 12.0 Å². The number of amides is 1. The smallest absolute Gasteiger partial charge is 0.354 e. The Balaban J connectivity index is 1.89. The van der Waals surface area contributed by atoms with Gasteiger partial charge in [0.2, 0.25) is 0 Å². The second-order valence-electron chi connectivity index (χ2n) is 6.01. The molecule has 0 aliphatic heterocycles. The molecule has 1 atom stereocenters. The summed E-state index contributed by atoms with van der Waals surface area (Å²) in [5.74, 6) is -1.10. The SMILES string of the molecule is CCOC(=O)C(=N)C(NC(=O)c1ccc2ccccc2c1)c1ccccc1. The highest BCUT2D eigenvalue weighted by molar-refractivity contribution is 6.37.